The normalized spacial score (nSPS) is 18.8. The minimum Gasteiger partial charge on any atom is -0.391 e. The second-order valence-electron chi connectivity index (χ2n) is 5.33. The Morgan fingerprint density at radius 1 is 1.24 bits per heavy atom. The molecule has 0 spiro atoms. The first-order valence-corrected chi connectivity index (χ1v) is 7.41. The van der Waals surface area contributed by atoms with Crippen molar-refractivity contribution >= 4 is 23.1 Å². The first kappa shape index (κ1) is 18.2. The number of ether oxygens (including phenoxy) is 1. The highest BCUT2D eigenvalue weighted by Crippen LogP contribution is 2.27. The molecule has 21 heavy (non-hydrogen) atoms. The zero-order valence-corrected chi connectivity index (χ0v) is 12.6. The summed E-state index contributed by atoms with van der Waals surface area (Å²) in [4.78, 5) is 12.1. The predicted octanol–water partition coefficient (Wildman–Crippen LogP) is 2.45. The molecule has 1 aliphatic carbocycles. The van der Waals surface area contributed by atoms with Crippen molar-refractivity contribution in [2.75, 3.05) is 13.2 Å². The molecule has 1 amide bonds. The Labute approximate surface area is 127 Å². The van der Waals surface area contributed by atoms with Gasteiger partial charge in [-0.1, -0.05) is 37.9 Å². The van der Waals surface area contributed by atoms with Crippen LogP contribution in [0, 0.1) is 0 Å². The average Bonchev–Trinajstić information content (AvgIpc) is 2.60. The Morgan fingerprint density at radius 2 is 1.81 bits per heavy atom. The largest absolute Gasteiger partial charge is 0.411 e. The zero-order valence-electron chi connectivity index (χ0n) is 11.8. The Balaban J connectivity index is 2.44. The summed E-state index contributed by atoms with van der Waals surface area (Å²) in [6.07, 6.45) is 0.807. The third kappa shape index (κ3) is 6.60. The lowest BCUT2D eigenvalue weighted by Gasteiger charge is -2.33. The van der Waals surface area contributed by atoms with Crippen molar-refractivity contribution in [3.05, 3.63) is 0 Å². The van der Waals surface area contributed by atoms with Crippen LogP contribution in [-0.4, -0.2) is 35.8 Å². The van der Waals surface area contributed by atoms with Gasteiger partial charge in [0.05, 0.1) is 17.1 Å². The first-order valence-electron chi connectivity index (χ1n) is 7.01. The van der Waals surface area contributed by atoms with Gasteiger partial charge >= 0.3 is 6.18 Å². The maximum atomic E-state index is 11.9. The Morgan fingerprint density at radius 3 is 2.29 bits per heavy atom. The number of halogens is 3. The summed E-state index contributed by atoms with van der Waals surface area (Å²) in [5.41, 5.74) is 5.07. The number of alkyl halides is 3. The maximum absolute atomic E-state index is 11.9. The lowest BCUT2D eigenvalue weighted by molar-refractivity contribution is -0.174. The van der Waals surface area contributed by atoms with Crippen LogP contribution in [0.25, 0.3) is 0 Å². The van der Waals surface area contributed by atoms with Crippen LogP contribution in [0.5, 0.6) is 0 Å². The van der Waals surface area contributed by atoms with Crippen LogP contribution in [0.15, 0.2) is 0 Å². The third-order valence-corrected chi connectivity index (χ3v) is 3.94. The summed E-state index contributed by atoms with van der Waals surface area (Å²) in [6.45, 7) is -1.63. The molecule has 1 aliphatic rings. The number of thiocarbonyl (C=S) groups is 1. The number of carbonyl (C=O) groups is 1. The maximum Gasteiger partial charge on any atom is 0.411 e. The van der Waals surface area contributed by atoms with Gasteiger partial charge in [0.15, 0.2) is 0 Å². The van der Waals surface area contributed by atoms with Crippen LogP contribution in [-0.2, 0) is 9.53 Å². The fourth-order valence-corrected chi connectivity index (χ4v) is 2.70. The molecule has 3 N–H and O–H groups in total. The monoisotopic (exact) mass is 326 g/mol. The van der Waals surface area contributed by atoms with Crippen molar-refractivity contribution in [2.24, 2.45) is 5.73 Å². The molecule has 0 aromatic rings. The van der Waals surface area contributed by atoms with Crippen molar-refractivity contribution in [3.63, 3.8) is 0 Å². The van der Waals surface area contributed by atoms with E-state index < -0.39 is 18.3 Å². The number of hydrogen-bond acceptors (Lipinski definition) is 3. The van der Waals surface area contributed by atoms with E-state index in [2.05, 4.69) is 10.1 Å². The summed E-state index contributed by atoms with van der Waals surface area (Å²) in [6, 6.07) is 0. The molecule has 1 rings (SSSR count). The van der Waals surface area contributed by atoms with Crippen molar-refractivity contribution in [1.29, 1.82) is 0 Å². The minimum absolute atomic E-state index is 0.138. The Kier molecular flexibility index (Phi) is 6.86. The van der Waals surface area contributed by atoms with Crippen molar-refractivity contribution in [1.82, 2.24) is 5.32 Å². The molecule has 0 heterocycles. The molecule has 0 atom stereocenters. The zero-order chi connectivity index (χ0) is 15.9. The van der Waals surface area contributed by atoms with Gasteiger partial charge in [0.25, 0.3) is 0 Å². The Bertz CT molecular complexity index is 367. The van der Waals surface area contributed by atoms with E-state index in [9.17, 15) is 18.0 Å². The highest BCUT2D eigenvalue weighted by atomic mass is 32.1. The number of nitrogens with two attached hydrogens (primary N) is 1. The predicted molar refractivity (Wildman–Crippen MR) is 76.9 cm³/mol. The van der Waals surface area contributed by atoms with E-state index in [0.717, 1.165) is 25.7 Å². The van der Waals surface area contributed by atoms with Gasteiger partial charge in [-0.3, -0.25) is 4.79 Å². The van der Waals surface area contributed by atoms with E-state index in [0.29, 0.717) is 12.8 Å². The summed E-state index contributed by atoms with van der Waals surface area (Å²) in [7, 11) is 0. The van der Waals surface area contributed by atoms with Gasteiger partial charge in [0, 0.05) is 6.42 Å². The molecule has 0 radical (unpaired) electrons. The molecule has 0 aromatic heterocycles. The molecule has 4 nitrogen and oxygen atoms in total. The number of carbonyl (C=O) groups excluding carboxylic acids is 1. The van der Waals surface area contributed by atoms with Gasteiger partial charge in [-0.25, -0.2) is 0 Å². The second-order valence-corrected chi connectivity index (χ2v) is 5.77. The van der Waals surface area contributed by atoms with Crippen LogP contribution < -0.4 is 11.1 Å². The van der Waals surface area contributed by atoms with Crippen molar-refractivity contribution in [3.8, 4) is 0 Å². The molecule has 8 heteroatoms. The third-order valence-electron chi connectivity index (χ3n) is 3.55. The lowest BCUT2D eigenvalue weighted by atomic mass is 9.90. The molecule has 0 aliphatic heterocycles. The van der Waals surface area contributed by atoms with Crippen molar-refractivity contribution in [2.45, 2.75) is 56.7 Å². The molecule has 122 valence electrons. The van der Waals surface area contributed by atoms with Gasteiger partial charge in [-0.15, -0.1) is 0 Å². The summed E-state index contributed by atoms with van der Waals surface area (Å²) >= 11 is 5.07. The van der Waals surface area contributed by atoms with Gasteiger partial charge in [-0.2, -0.15) is 13.2 Å². The van der Waals surface area contributed by atoms with Gasteiger partial charge < -0.3 is 15.8 Å². The van der Waals surface area contributed by atoms with Gasteiger partial charge in [0.2, 0.25) is 5.91 Å². The van der Waals surface area contributed by atoms with E-state index in [1.54, 1.807) is 0 Å². The molecule has 0 saturated heterocycles. The summed E-state index contributed by atoms with van der Waals surface area (Å²) < 4.78 is 40.1. The van der Waals surface area contributed by atoms with E-state index in [1.165, 1.54) is 0 Å². The van der Waals surface area contributed by atoms with E-state index in [-0.39, 0.29) is 23.9 Å². The average molecular weight is 326 g/mol. The van der Waals surface area contributed by atoms with Gasteiger partial charge in [0.1, 0.15) is 6.61 Å². The van der Waals surface area contributed by atoms with E-state index >= 15 is 0 Å². The number of nitrogens with one attached hydrogen (secondary N) is 1. The number of hydrogen-bond donors (Lipinski definition) is 2. The lowest BCUT2D eigenvalue weighted by Crippen LogP contribution is -2.56. The van der Waals surface area contributed by atoms with Gasteiger partial charge in [-0.05, 0) is 12.8 Å². The van der Waals surface area contributed by atoms with Crippen LogP contribution in [0.1, 0.15) is 44.9 Å². The second kappa shape index (κ2) is 7.93. The summed E-state index contributed by atoms with van der Waals surface area (Å²) in [5, 5.41) is 2.80. The topological polar surface area (TPSA) is 64.3 Å². The molecule has 0 aromatic carbocycles. The molecular formula is C13H21F3N2O2S. The fraction of sp³-hybridized carbons (Fsp3) is 0.846. The molecular weight excluding hydrogens is 305 g/mol. The molecule has 0 unspecified atom stereocenters. The highest BCUT2D eigenvalue weighted by Gasteiger charge is 2.35. The van der Waals surface area contributed by atoms with E-state index in [4.69, 9.17) is 18.0 Å². The highest BCUT2D eigenvalue weighted by molar-refractivity contribution is 7.80. The molecule has 0 bridgehead atoms. The SMILES string of the molecule is NC(=S)C1(NC(=O)CCOCC(F)(F)F)CCCCCC1. The Hall–Kier alpha value is -0.890. The van der Waals surface area contributed by atoms with Crippen LogP contribution in [0.3, 0.4) is 0 Å². The smallest absolute Gasteiger partial charge is 0.391 e. The number of amides is 1. The standard InChI is InChI=1S/C13H21F3N2O2S/c14-13(15,16)9-20-8-5-10(19)18-12(11(17)21)6-3-1-2-4-7-12/h1-9H2,(H2,17,21)(H,18,19). The molecule has 1 fully saturated rings. The number of rotatable bonds is 6. The minimum atomic E-state index is -4.38. The van der Waals surface area contributed by atoms with Crippen LogP contribution in [0.4, 0.5) is 13.2 Å². The fourth-order valence-electron chi connectivity index (χ4n) is 2.45. The van der Waals surface area contributed by atoms with Crippen LogP contribution >= 0.6 is 12.2 Å². The first-order chi connectivity index (χ1) is 9.75. The van der Waals surface area contributed by atoms with E-state index in [1.807, 2.05) is 0 Å². The molecule has 1 saturated carbocycles. The quantitative estimate of drug-likeness (QED) is 0.447. The van der Waals surface area contributed by atoms with Crippen LogP contribution in [0.2, 0.25) is 0 Å². The summed E-state index contributed by atoms with van der Waals surface area (Å²) in [5.74, 6) is -0.383. The van der Waals surface area contributed by atoms with Crippen molar-refractivity contribution < 1.29 is 22.7 Å².